The quantitative estimate of drug-likeness (QED) is 0.230. The molecule has 0 aromatic carbocycles. The molecule has 0 atom stereocenters. The van der Waals surface area contributed by atoms with Gasteiger partial charge in [-0.25, -0.2) is 4.79 Å². The Bertz CT molecular complexity index is 647. The summed E-state index contributed by atoms with van der Waals surface area (Å²) in [5.41, 5.74) is 0. The van der Waals surface area contributed by atoms with Crippen LogP contribution >= 0.6 is 0 Å². The smallest absolute Gasteiger partial charge is 0.374 e. The highest BCUT2D eigenvalue weighted by Gasteiger charge is 2.22. The van der Waals surface area contributed by atoms with Crippen LogP contribution in [0, 0.1) is 6.92 Å². The summed E-state index contributed by atoms with van der Waals surface area (Å²) in [6, 6.07) is 0.995. The van der Waals surface area contributed by atoms with Gasteiger partial charge in [0.05, 0.1) is 6.61 Å². The number of hydrogen-bond donors (Lipinski definition) is 1. The molecule has 156 valence electrons. The average Bonchev–Trinajstić information content (AvgIpc) is 3.01. The molecular weight excluding hydrogens is 368 g/mol. The van der Waals surface area contributed by atoms with Crippen molar-refractivity contribution in [2.45, 2.75) is 95.8 Å². The van der Waals surface area contributed by atoms with Crippen LogP contribution in [0.3, 0.4) is 0 Å². The molecule has 0 spiro atoms. The van der Waals surface area contributed by atoms with Gasteiger partial charge in [-0.15, -0.1) is 0 Å². The zero-order chi connectivity index (χ0) is 20.1. The molecule has 0 saturated heterocycles. The van der Waals surface area contributed by atoms with Crippen molar-refractivity contribution in [1.82, 2.24) is 0 Å². The van der Waals surface area contributed by atoms with Crippen molar-refractivity contribution in [2.24, 2.45) is 0 Å². The third kappa shape index (κ3) is 9.96. The van der Waals surface area contributed by atoms with Gasteiger partial charge in [0.1, 0.15) is 10.7 Å². The summed E-state index contributed by atoms with van der Waals surface area (Å²) in [6.45, 7) is 3.88. The van der Waals surface area contributed by atoms with Gasteiger partial charge in [0, 0.05) is 6.07 Å². The van der Waals surface area contributed by atoms with Gasteiger partial charge in [0.25, 0.3) is 10.1 Å². The summed E-state index contributed by atoms with van der Waals surface area (Å²) in [5.74, 6) is -0.954. The molecule has 0 bridgehead atoms. The van der Waals surface area contributed by atoms with E-state index in [9.17, 15) is 13.2 Å². The van der Waals surface area contributed by atoms with Gasteiger partial charge in [0.2, 0.25) is 5.76 Å². The Labute approximate surface area is 163 Å². The zero-order valence-corrected chi connectivity index (χ0v) is 17.5. The molecule has 0 fully saturated rings. The Morgan fingerprint density at radius 1 is 0.963 bits per heavy atom. The predicted octanol–water partition coefficient (Wildman–Crippen LogP) is 5.69. The first-order valence-corrected chi connectivity index (χ1v) is 11.5. The highest BCUT2D eigenvalue weighted by atomic mass is 32.2. The summed E-state index contributed by atoms with van der Waals surface area (Å²) < 4.78 is 41.4. The molecule has 0 unspecified atom stereocenters. The summed E-state index contributed by atoms with van der Waals surface area (Å²) >= 11 is 0. The maximum Gasteiger partial charge on any atom is 0.374 e. The van der Waals surface area contributed by atoms with Crippen molar-refractivity contribution in [3.05, 3.63) is 17.6 Å². The first-order valence-electron chi connectivity index (χ1n) is 10.1. The van der Waals surface area contributed by atoms with E-state index < -0.39 is 21.0 Å². The molecule has 0 aliphatic rings. The average molecular weight is 403 g/mol. The molecule has 27 heavy (non-hydrogen) atoms. The van der Waals surface area contributed by atoms with Crippen LogP contribution in [-0.4, -0.2) is 25.5 Å². The highest BCUT2D eigenvalue weighted by molar-refractivity contribution is 7.85. The molecule has 0 aliphatic carbocycles. The van der Waals surface area contributed by atoms with E-state index >= 15 is 0 Å². The fraction of sp³-hybridized carbons (Fsp3) is 0.750. The molecule has 1 aromatic rings. The zero-order valence-electron chi connectivity index (χ0n) is 16.7. The van der Waals surface area contributed by atoms with Crippen molar-refractivity contribution in [3.63, 3.8) is 0 Å². The number of ether oxygens (including phenoxy) is 1. The number of unbranched alkanes of at least 4 members (excludes halogenated alkanes) is 11. The van der Waals surface area contributed by atoms with E-state index in [-0.39, 0.29) is 18.1 Å². The van der Waals surface area contributed by atoms with E-state index in [0.717, 1.165) is 25.3 Å². The number of carbonyl (C=O) groups excluding carboxylic acids is 1. The number of aryl methyl sites for hydroxylation is 1. The molecular formula is C20H34O6S. The molecule has 7 heteroatoms. The van der Waals surface area contributed by atoms with Gasteiger partial charge in [0.15, 0.2) is 0 Å². The van der Waals surface area contributed by atoms with Crippen LogP contribution in [0.1, 0.15) is 100 Å². The topological polar surface area (TPSA) is 93.8 Å². The lowest BCUT2D eigenvalue weighted by Gasteiger charge is -2.04. The summed E-state index contributed by atoms with van der Waals surface area (Å²) in [5, 5.41) is 0. The van der Waals surface area contributed by atoms with E-state index in [1.54, 1.807) is 0 Å². The summed E-state index contributed by atoms with van der Waals surface area (Å²) in [6.07, 6.45) is 14.7. The number of rotatable bonds is 15. The highest BCUT2D eigenvalue weighted by Crippen LogP contribution is 2.20. The number of furan rings is 1. The summed E-state index contributed by atoms with van der Waals surface area (Å²) in [7, 11) is -4.40. The molecule has 6 nitrogen and oxygen atoms in total. The number of esters is 1. The van der Waals surface area contributed by atoms with Crippen LogP contribution < -0.4 is 0 Å². The Morgan fingerprint density at radius 3 is 1.89 bits per heavy atom. The van der Waals surface area contributed by atoms with Crippen molar-refractivity contribution < 1.29 is 26.9 Å². The van der Waals surface area contributed by atoms with Gasteiger partial charge >= 0.3 is 5.97 Å². The van der Waals surface area contributed by atoms with Crippen molar-refractivity contribution >= 4 is 16.1 Å². The monoisotopic (exact) mass is 402 g/mol. The molecule has 0 amide bonds. The molecule has 1 N–H and O–H groups in total. The molecule has 1 aromatic heterocycles. The minimum atomic E-state index is -4.40. The number of hydrogen-bond acceptors (Lipinski definition) is 5. The van der Waals surface area contributed by atoms with Crippen molar-refractivity contribution in [3.8, 4) is 0 Å². The fourth-order valence-corrected chi connectivity index (χ4v) is 3.66. The predicted molar refractivity (Wildman–Crippen MR) is 105 cm³/mol. The second kappa shape index (κ2) is 12.9. The second-order valence-corrected chi connectivity index (χ2v) is 8.42. The molecule has 0 saturated carbocycles. The first-order chi connectivity index (χ1) is 12.9. The molecule has 0 aliphatic heterocycles. The lowest BCUT2D eigenvalue weighted by Crippen LogP contribution is -2.05. The van der Waals surface area contributed by atoms with Crippen LogP contribution in [-0.2, 0) is 14.9 Å². The third-order valence-electron chi connectivity index (χ3n) is 4.58. The molecule has 0 radical (unpaired) electrons. The van der Waals surface area contributed by atoms with Crippen LogP contribution in [0.2, 0.25) is 0 Å². The Morgan fingerprint density at radius 2 is 1.44 bits per heavy atom. The fourth-order valence-electron chi connectivity index (χ4n) is 3.00. The van der Waals surface area contributed by atoms with E-state index in [0.29, 0.717) is 0 Å². The minimum absolute atomic E-state index is 0.0326. The Hall–Kier alpha value is -1.34. The van der Waals surface area contributed by atoms with Gasteiger partial charge in [-0.05, 0) is 13.3 Å². The first kappa shape index (κ1) is 23.7. The van der Waals surface area contributed by atoms with Gasteiger partial charge in [-0.2, -0.15) is 8.42 Å². The van der Waals surface area contributed by atoms with Gasteiger partial charge < -0.3 is 9.15 Å². The van der Waals surface area contributed by atoms with Crippen LogP contribution in [0.5, 0.6) is 0 Å². The molecule has 1 heterocycles. The van der Waals surface area contributed by atoms with Crippen LogP contribution in [0.15, 0.2) is 15.4 Å². The minimum Gasteiger partial charge on any atom is -0.460 e. The van der Waals surface area contributed by atoms with Crippen LogP contribution in [0.4, 0.5) is 0 Å². The lowest BCUT2D eigenvalue weighted by atomic mass is 10.1. The normalized spacial score (nSPS) is 11.7. The number of carbonyl (C=O) groups is 1. The summed E-state index contributed by atoms with van der Waals surface area (Å²) in [4.78, 5) is 11.4. The van der Waals surface area contributed by atoms with E-state index in [4.69, 9.17) is 13.7 Å². The largest absolute Gasteiger partial charge is 0.460 e. The van der Waals surface area contributed by atoms with E-state index in [2.05, 4.69) is 6.92 Å². The van der Waals surface area contributed by atoms with E-state index in [1.165, 1.54) is 64.7 Å². The Kier molecular flexibility index (Phi) is 11.4. The SMILES string of the molecule is CCCCCCCCCCCCCCOC(=O)c1cc(S(=O)(=O)O)c(C)o1. The second-order valence-electron chi connectivity index (χ2n) is 7.03. The van der Waals surface area contributed by atoms with Gasteiger partial charge in [-0.3, -0.25) is 4.55 Å². The Balaban J connectivity index is 2.05. The standard InChI is InChI=1S/C20H34O6S/c1-3-4-5-6-7-8-9-10-11-12-13-14-15-25-20(21)18-16-19(17(2)26-18)27(22,23)24/h16H,3-15H2,1-2H3,(H,22,23,24). The van der Waals surface area contributed by atoms with E-state index in [1.807, 2.05) is 0 Å². The molecule has 1 rings (SSSR count). The maximum atomic E-state index is 11.8. The van der Waals surface area contributed by atoms with Crippen molar-refractivity contribution in [2.75, 3.05) is 6.61 Å². The van der Waals surface area contributed by atoms with Gasteiger partial charge in [-0.1, -0.05) is 77.6 Å². The lowest BCUT2D eigenvalue weighted by molar-refractivity contribution is 0.0460. The van der Waals surface area contributed by atoms with Crippen molar-refractivity contribution in [1.29, 1.82) is 0 Å². The van der Waals surface area contributed by atoms with Crippen LogP contribution in [0.25, 0.3) is 0 Å². The maximum absolute atomic E-state index is 11.8. The third-order valence-corrected chi connectivity index (χ3v) is 5.54.